The average Bonchev–Trinajstić information content (AvgIpc) is 2.17. The summed E-state index contributed by atoms with van der Waals surface area (Å²) in [4.78, 5) is 14.4. The zero-order valence-electron chi connectivity index (χ0n) is 8.53. The molecule has 1 amide bonds. The Hall–Kier alpha value is -1.35. The maximum Gasteiger partial charge on any atom is 0.216 e. The summed E-state index contributed by atoms with van der Waals surface area (Å²) in [5, 5.41) is 3.20. The van der Waals surface area contributed by atoms with Crippen molar-refractivity contribution in [3.63, 3.8) is 0 Å². The van der Waals surface area contributed by atoms with Crippen LogP contribution in [0.2, 0.25) is 5.15 Å². The molecule has 0 unspecified atom stereocenters. The molecule has 1 rings (SSSR count). The maximum absolute atomic E-state index is 10.6. The van der Waals surface area contributed by atoms with Crippen molar-refractivity contribution in [3.05, 3.63) is 35.1 Å². The second-order valence-electron chi connectivity index (χ2n) is 3.09. The molecule has 0 radical (unpaired) electrons. The smallest absolute Gasteiger partial charge is 0.216 e. The Morgan fingerprint density at radius 2 is 2.47 bits per heavy atom. The van der Waals surface area contributed by atoms with Gasteiger partial charge in [0, 0.05) is 19.7 Å². The Kier molecular flexibility index (Phi) is 4.84. The summed E-state index contributed by atoms with van der Waals surface area (Å²) >= 11 is 5.72. The molecule has 1 N–H and O–H groups in total. The highest BCUT2D eigenvalue weighted by Crippen LogP contribution is 2.08. The first-order chi connectivity index (χ1) is 7.18. The minimum atomic E-state index is -0.00430. The fraction of sp³-hybridized carbons (Fsp3) is 0.273. The Labute approximate surface area is 94.2 Å². The summed E-state index contributed by atoms with van der Waals surface area (Å²) in [6.07, 6.45) is 6.41. The van der Waals surface area contributed by atoms with Crippen molar-refractivity contribution in [1.82, 2.24) is 10.3 Å². The molecule has 0 aliphatic carbocycles. The second kappa shape index (κ2) is 6.19. The molecule has 15 heavy (non-hydrogen) atoms. The SMILES string of the molecule is CC(=O)NCCC=Cc1ccnc(Cl)c1. The number of carbonyl (C=O) groups excluding carboxylic acids is 1. The molecule has 0 spiro atoms. The molecule has 1 aromatic heterocycles. The standard InChI is InChI=1S/C11H13ClN2O/c1-9(15)13-6-3-2-4-10-5-7-14-11(12)8-10/h2,4-5,7-8H,3,6H2,1H3,(H,13,15). The fourth-order valence-corrected chi connectivity index (χ4v) is 1.25. The largest absolute Gasteiger partial charge is 0.356 e. The number of pyridine rings is 1. The number of aromatic nitrogens is 1. The highest BCUT2D eigenvalue weighted by atomic mass is 35.5. The second-order valence-corrected chi connectivity index (χ2v) is 3.47. The van der Waals surface area contributed by atoms with Gasteiger partial charge in [0.25, 0.3) is 0 Å². The first-order valence-electron chi connectivity index (χ1n) is 4.71. The number of hydrogen-bond acceptors (Lipinski definition) is 2. The summed E-state index contributed by atoms with van der Waals surface area (Å²) in [5.74, 6) is -0.00430. The van der Waals surface area contributed by atoms with Gasteiger partial charge in [-0.05, 0) is 24.1 Å². The van der Waals surface area contributed by atoms with Crippen molar-refractivity contribution in [2.45, 2.75) is 13.3 Å². The van der Waals surface area contributed by atoms with Crippen LogP contribution in [0.25, 0.3) is 6.08 Å². The molecule has 0 aromatic carbocycles. The summed E-state index contributed by atoms with van der Waals surface area (Å²) in [7, 11) is 0. The van der Waals surface area contributed by atoms with E-state index in [0.29, 0.717) is 11.7 Å². The number of amides is 1. The molecule has 0 saturated heterocycles. The molecule has 3 nitrogen and oxygen atoms in total. The van der Waals surface area contributed by atoms with E-state index in [4.69, 9.17) is 11.6 Å². The lowest BCUT2D eigenvalue weighted by Crippen LogP contribution is -2.20. The number of halogens is 1. The van der Waals surface area contributed by atoms with Crippen LogP contribution in [0.1, 0.15) is 18.9 Å². The molecule has 80 valence electrons. The van der Waals surface area contributed by atoms with Gasteiger partial charge in [0.2, 0.25) is 5.91 Å². The van der Waals surface area contributed by atoms with Crippen LogP contribution in [0.4, 0.5) is 0 Å². The zero-order valence-corrected chi connectivity index (χ0v) is 9.29. The van der Waals surface area contributed by atoms with Gasteiger partial charge < -0.3 is 5.32 Å². The predicted octanol–water partition coefficient (Wildman–Crippen LogP) is 2.27. The molecule has 1 heterocycles. The summed E-state index contributed by atoms with van der Waals surface area (Å²) in [6.45, 7) is 2.16. The molecular weight excluding hydrogens is 212 g/mol. The molecule has 0 fully saturated rings. The molecule has 4 heteroatoms. The van der Waals surface area contributed by atoms with Crippen molar-refractivity contribution < 1.29 is 4.79 Å². The van der Waals surface area contributed by atoms with Crippen LogP contribution in [0.3, 0.4) is 0 Å². The Balaban J connectivity index is 2.35. The van der Waals surface area contributed by atoms with Gasteiger partial charge in [-0.25, -0.2) is 4.98 Å². The van der Waals surface area contributed by atoms with Gasteiger partial charge in [-0.2, -0.15) is 0 Å². The quantitative estimate of drug-likeness (QED) is 0.630. The van der Waals surface area contributed by atoms with Gasteiger partial charge >= 0.3 is 0 Å². The monoisotopic (exact) mass is 224 g/mol. The van der Waals surface area contributed by atoms with Crippen LogP contribution in [-0.4, -0.2) is 17.4 Å². The van der Waals surface area contributed by atoms with E-state index < -0.39 is 0 Å². The molecule has 0 aliphatic rings. The Morgan fingerprint density at radius 3 is 3.13 bits per heavy atom. The molecule has 0 atom stereocenters. The summed E-state index contributed by atoms with van der Waals surface area (Å²) < 4.78 is 0. The van der Waals surface area contributed by atoms with E-state index in [0.717, 1.165) is 12.0 Å². The van der Waals surface area contributed by atoms with Crippen molar-refractivity contribution in [3.8, 4) is 0 Å². The van der Waals surface area contributed by atoms with Crippen molar-refractivity contribution in [1.29, 1.82) is 0 Å². The number of rotatable bonds is 4. The third kappa shape index (κ3) is 5.18. The highest BCUT2D eigenvalue weighted by Gasteiger charge is 1.90. The average molecular weight is 225 g/mol. The lowest BCUT2D eigenvalue weighted by Gasteiger charge is -1.97. The third-order valence-electron chi connectivity index (χ3n) is 1.75. The molecule has 1 aromatic rings. The van der Waals surface area contributed by atoms with Gasteiger partial charge in [-0.3, -0.25) is 4.79 Å². The Bertz CT molecular complexity index is 363. The van der Waals surface area contributed by atoms with Gasteiger partial charge in [0.15, 0.2) is 0 Å². The minimum Gasteiger partial charge on any atom is -0.356 e. The molecule has 0 aliphatic heterocycles. The third-order valence-corrected chi connectivity index (χ3v) is 1.95. The van der Waals surface area contributed by atoms with E-state index in [1.807, 2.05) is 18.2 Å². The predicted molar refractivity (Wildman–Crippen MR) is 61.6 cm³/mol. The topological polar surface area (TPSA) is 42.0 Å². The van der Waals surface area contributed by atoms with E-state index in [1.165, 1.54) is 6.92 Å². The van der Waals surface area contributed by atoms with E-state index in [2.05, 4.69) is 10.3 Å². The summed E-state index contributed by atoms with van der Waals surface area (Å²) in [5.41, 5.74) is 1.01. The van der Waals surface area contributed by atoms with Crippen molar-refractivity contribution >= 4 is 23.6 Å². The first-order valence-corrected chi connectivity index (χ1v) is 5.09. The lowest BCUT2D eigenvalue weighted by atomic mass is 10.2. The Morgan fingerprint density at radius 1 is 1.67 bits per heavy atom. The number of nitrogens with zero attached hydrogens (tertiary/aromatic N) is 1. The minimum absolute atomic E-state index is 0.00430. The highest BCUT2D eigenvalue weighted by molar-refractivity contribution is 6.29. The normalized spacial score (nSPS) is 10.5. The molecular formula is C11H13ClN2O. The number of carbonyl (C=O) groups is 1. The maximum atomic E-state index is 10.6. The van der Waals surface area contributed by atoms with Crippen LogP contribution in [0, 0.1) is 0 Å². The zero-order chi connectivity index (χ0) is 11.1. The van der Waals surface area contributed by atoms with Crippen LogP contribution >= 0.6 is 11.6 Å². The fourth-order valence-electron chi connectivity index (χ4n) is 1.07. The van der Waals surface area contributed by atoms with Crippen molar-refractivity contribution in [2.24, 2.45) is 0 Å². The first kappa shape index (κ1) is 11.7. The van der Waals surface area contributed by atoms with Gasteiger partial charge in [0.05, 0.1) is 0 Å². The number of nitrogens with one attached hydrogen (secondary N) is 1. The molecule has 0 saturated carbocycles. The van der Waals surface area contributed by atoms with Crippen LogP contribution < -0.4 is 5.32 Å². The van der Waals surface area contributed by atoms with E-state index in [9.17, 15) is 4.79 Å². The van der Waals surface area contributed by atoms with Gasteiger partial charge in [-0.15, -0.1) is 0 Å². The van der Waals surface area contributed by atoms with Crippen molar-refractivity contribution in [2.75, 3.05) is 6.54 Å². The van der Waals surface area contributed by atoms with Gasteiger partial charge in [0.1, 0.15) is 5.15 Å². The van der Waals surface area contributed by atoms with Gasteiger partial charge in [-0.1, -0.05) is 23.8 Å². The van der Waals surface area contributed by atoms with Crippen LogP contribution in [0.15, 0.2) is 24.4 Å². The van der Waals surface area contributed by atoms with Crippen LogP contribution in [0.5, 0.6) is 0 Å². The number of hydrogen-bond donors (Lipinski definition) is 1. The summed E-state index contributed by atoms with van der Waals surface area (Å²) in [6, 6.07) is 3.66. The van der Waals surface area contributed by atoms with E-state index in [1.54, 1.807) is 12.3 Å². The van der Waals surface area contributed by atoms with E-state index >= 15 is 0 Å². The van der Waals surface area contributed by atoms with Crippen LogP contribution in [-0.2, 0) is 4.79 Å². The lowest BCUT2D eigenvalue weighted by molar-refractivity contribution is -0.118. The van der Waals surface area contributed by atoms with E-state index in [-0.39, 0.29) is 5.91 Å². The molecule has 0 bridgehead atoms.